The fourth-order valence-electron chi connectivity index (χ4n) is 2.45. The summed E-state index contributed by atoms with van der Waals surface area (Å²) in [6.45, 7) is 13.2. The molecule has 0 unspecified atom stereocenters. The van der Waals surface area contributed by atoms with E-state index in [1.807, 2.05) is 103 Å². The number of nitrogens with zero attached hydrogens (tertiary/aromatic N) is 2. The molecule has 0 radical (unpaired) electrons. The molecule has 3 rings (SSSR count). The second-order valence-corrected chi connectivity index (χ2v) is 8.71. The number of esters is 1. The van der Waals surface area contributed by atoms with Crippen molar-refractivity contribution in [1.82, 2.24) is 9.97 Å². The third kappa shape index (κ3) is 10.3. The van der Waals surface area contributed by atoms with E-state index >= 15 is 0 Å². The van der Waals surface area contributed by atoms with E-state index in [-0.39, 0.29) is 23.6 Å². The number of aliphatic hydroxyl groups is 1. The first-order valence-electron chi connectivity index (χ1n) is 11.0. The van der Waals surface area contributed by atoms with E-state index in [9.17, 15) is 4.79 Å². The van der Waals surface area contributed by atoms with E-state index in [4.69, 9.17) is 14.6 Å². The zero-order valence-electron chi connectivity index (χ0n) is 20.9. The molecule has 2 N–H and O–H groups in total. The molecule has 0 fully saturated rings. The van der Waals surface area contributed by atoms with Gasteiger partial charge in [0.25, 0.3) is 5.88 Å². The fourth-order valence-corrected chi connectivity index (χ4v) is 2.45. The third-order valence-electron chi connectivity index (χ3n) is 3.80. The molecule has 0 amide bonds. The molecule has 180 valence electrons. The molecule has 0 aliphatic heterocycles. The standard InChI is InChI=1S/C17H17N3O.C8H16O2.CH4O/c1-12(2)21-17-16(18-13-8-4-3-5-9-13)19-14-10-6-7-11-15(14)20-17;1-6(2)7(9)10-8(3,4)5;1-2/h3-12H,1-2H3,(H,18,19);6H,1-5H3;2H,1H3. The van der Waals surface area contributed by atoms with Gasteiger partial charge in [-0.3, -0.25) is 4.79 Å². The normalized spacial score (nSPS) is 10.6. The number of aliphatic hydroxyl groups excluding tert-OH is 1. The molecule has 2 aromatic carbocycles. The Balaban J connectivity index is 0.000000386. The quantitative estimate of drug-likeness (QED) is 0.473. The van der Waals surface area contributed by atoms with Crippen LogP contribution in [-0.4, -0.2) is 39.9 Å². The maximum absolute atomic E-state index is 10.9. The molecule has 1 heterocycles. The van der Waals surface area contributed by atoms with Crippen molar-refractivity contribution < 1.29 is 19.4 Å². The SMILES string of the molecule is CC(C)C(=O)OC(C)(C)C.CC(C)Oc1nc2ccccc2nc1Nc1ccccc1.CO. The number of fused-ring (bicyclic) bond motifs is 1. The topological polar surface area (TPSA) is 93.6 Å². The van der Waals surface area contributed by atoms with Crippen LogP contribution in [0.3, 0.4) is 0 Å². The van der Waals surface area contributed by atoms with Crippen molar-refractivity contribution in [2.75, 3.05) is 12.4 Å². The maximum Gasteiger partial charge on any atom is 0.308 e. The Kier molecular flexibility index (Phi) is 11.3. The number of benzene rings is 2. The molecule has 33 heavy (non-hydrogen) atoms. The second-order valence-electron chi connectivity index (χ2n) is 8.71. The van der Waals surface area contributed by atoms with E-state index in [0.29, 0.717) is 11.7 Å². The summed E-state index contributed by atoms with van der Waals surface area (Å²) in [6, 6.07) is 17.7. The summed E-state index contributed by atoms with van der Waals surface area (Å²) in [4.78, 5) is 20.1. The summed E-state index contributed by atoms with van der Waals surface area (Å²) in [7, 11) is 1.00. The molecule has 0 aliphatic carbocycles. The molecular weight excluding hydrogens is 418 g/mol. The molecule has 1 aromatic heterocycles. The van der Waals surface area contributed by atoms with Crippen LogP contribution in [0.2, 0.25) is 0 Å². The van der Waals surface area contributed by atoms with Crippen molar-refractivity contribution >= 4 is 28.5 Å². The molecule has 0 saturated carbocycles. The second kappa shape index (κ2) is 13.4. The van der Waals surface area contributed by atoms with Gasteiger partial charge in [-0.15, -0.1) is 0 Å². The molecule has 0 bridgehead atoms. The van der Waals surface area contributed by atoms with Gasteiger partial charge in [-0.05, 0) is 58.9 Å². The van der Waals surface area contributed by atoms with Crippen molar-refractivity contribution in [2.45, 2.75) is 60.2 Å². The van der Waals surface area contributed by atoms with Gasteiger partial charge in [0, 0.05) is 12.8 Å². The van der Waals surface area contributed by atoms with Crippen LogP contribution in [0.25, 0.3) is 11.0 Å². The summed E-state index contributed by atoms with van der Waals surface area (Å²) in [5.41, 5.74) is 2.27. The number of anilines is 2. The number of carbonyl (C=O) groups excluding carboxylic acids is 1. The number of carbonyl (C=O) groups is 1. The third-order valence-corrected chi connectivity index (χ3v) is 3.80. The Hall–Kier alpha value is -3.19. The highest BCUT2D eigenvalue weighted by Crippen LogP contribution is 2.27. The first-order valence-corrected chi connectivity index (χ1v) is 11.0. The first kappa shape index (κ1) is 27.8. The van der Waals surface area contributed by atoms with Crippen LogP contribution in [0.15, 0.2) is 54.6 Å². The highest BCUT2D eigenvalue weighted by Gasteiger charge is 2.18. The van der Waals surface area contributed by atoms with Gasteiger partial charge < -0.3 is 19.9 Å². The number of ether oxygens (including phenoxy) is 2. The molecule has 0 aliphatic rings. The van der Waals surface area contributed by atoms with Crippen molar-refractivity contribution in [2.24, 2.45) is 5.92 Å². The van der Waals surface area contributed by atoms with Crippen molar-refractivity contribution in [3.8, 4) is 5.88 Å². The molecule has 7 nitrogen and oxygen atoms in total. The van der Waals surface area contributed by atoms with E-state index in [1.54, 1.807) is 0 Å². The van der Waals surface area contributed by atoms with E-state index < -0.39 is 0 Å². The Morgan fingerprint density at radius 2 is 1.39 bits per heavy atom. The van der Waals surface area contributed by atoms with Crippen LogP contribution in [0.1, 0.15) is 48.5 Å². The number of hydrogen-bond acceptors (Lipinski definition) is 7. The van der Waals surface area contributed by atoms with Gasteiger partial charge in [0.2, 0.25) is 0 Å². The molecular formula is C26H37N3O4. The predicted molar refractivity (Wildman–Crippen MR) is 134 cm³/mol. The number of hydrogen-bond donors (Lipinski definition) is 2. The zero-order chi connectivity index (χ0) is 25.0. The summed E-state index contributed by atoms with van der Waals surface area (Å²) < 4.78 is 10.8. The van der Waals surface area contributed by atoms with Crippen molar-refractivity contribution in [1.29, 1.82) is 0 Å². The van der Waals surface area contributed by atoms with Gasteiger partial charge in [0.1, 0.15) is 5.60 Å². The number of nitrogens with one attached hydrogen (secondary N) is 1. The van der Waals surface area contributed by atoms with Crippen LogP contribution in [0.4, 0.5) is 11.5 Å². The monoisotopic (exact) mass is 455 g/mol. The van der Waals surface area contributed by atoms with Gasteiger partial charge in [0.15, 0.2) is 5.82 Å². The Labute approximate surface area is 197 Å². The lowest BCUT2D eigenvalue weighted by molar-refractivity contribution is -0.158. The summed E-state index contributed by atoms with van der Waals surface area (Å²) >= 11 is 0. The Morgan fingerprint density at radius 3 is 1.85 bits per heavy atom. The Bertz CT molecular complexity index is 984. The van der Waals surface area contributed by atoms with Gasteiger partial charge in [0.05, 0.1) is 23.1 Å². The minimum atomic E-state index is -0.346. The highest BCUT2D eigenvalue weighted by molar-refractivity contribution is 5.78. The average molecular weight is 456 g/mol. The van der Waals surface area contributed by atoms with E-state index in [1.165, 1.54) is 0 Å². The van der Waals surface area contributed by atoms with Crippen molar-refractivity contribution in [3.05, 3.63) is 54.6 Å². The first-order chi connectivity index (χ1) is 15.5. The largest absolute Gasteiger partial charge is 0.472 e. The van der Waals surface area contributed by atoms with E-state index in [0.717, 1.165) is 23.8 Å². The van der Waals surface area contributed by atoms with Gasteiger partial charge in [-0.1, -0.05) is 44.2 Å². The summed E-state index contributed by atoms with van der Waals surface area (Å²) in [5.74, 6) is 0.993. The van der Waals surface area contributed by atoms with Crippen LogP contribution in [0, 0.1) is 5.92 Å². The number of aromatic nitrogens is 2. The summed E-state index contributed by atoms with van der Waals surface area (Å²) in [6.07, 6.45) is 0.0387. The van der Waals surface area contributed by atoms with Crippen LogP contribution < -0.4 is 10.1 Å². The molecule has 0 atom stereocenters. The smallest absolute Gasteiger partial charge is 0.308 e. The fraction of sp³-hybridized carbons (Fsp3) is 0.423. The number of rotatable bonds is 5. The minimum absolute atomic E-state index is 0.0285. The van der Waals surface area contributed by atoms with E-state index in [2.05, 4.69) is 15.3 Å². The summed E-state index contributed by atoms with van der Waals surface area (Å²) in [5, 5.41) is 10.3. The zero-order valence-corrected chi connectivity index (χ0v) is 20.9. The lowest BCUT2D eigenvalue weighted by Crippen LogP contribution is -2.26. The van der Waals surface area contributed by atoms with Crippen LogP contribution >= 0.6 is 0 Å². The predicted octanol–water partition coefficient (Wildman–Crippen LogP) is 5.75. The number of para-hydroxylation sites is 3. The average Bonchev–Trinajstić information content (AvgIpc) is 2.75. The molecule has 0 saturated heterocycles. The lowest BCUT2D eigenvalue weighted by atomic mass is 10.1. The van der Waals surface area contributed by atoms with Gasteiger partial charge >= 0.3 is 5.97 Å². The molecule has 0 spiro atoms. The van der Waals surface area contributed by atoms with Crippen LogP contribution in [-0.2, 0) is 9.53 Å². The van der Waals surface area contributed by atoms with Gasteiger partial charge in [-0.2, -0.15) is 0 Å². The van der Waals surface area contributed by atoms with Gasteiger partial charge in [-0.25, -0.2) is 9.97 Å². The molecule has 3 aromatic rings. The lowest BCUT2D eigenvalue weighted by Gasteiger charge is -2.20. The Morgan fingerprint density at radius 1 is 0.879 bits per heavy atom. The maximum atomic E-state index is 10.9. The highest BCUT2D eigenvalue weighted by atomic mass is 16.6. The van der Waals surface area contributed by atoms with Crippen LogP contribution in [0.5, 0.6) is 5.88 Å². The minimum Gasteiger partial charge on any atom is -0.472 e. The van der Waals surface area contributed by atoms with Crippen molar-refractivity contribution in [3.63, 3.8) is 0 Å². The molecule has 7 heteroatoms.